The van der Waals surface area contributed by atoms with Crippen molar-refractivity contribution in [1.29, 1.82) is 0 Å². The quantitative estimate of drug-likeness (QED) is 0.769. The van der Waals surface area contributed by atoms with Crippen LogP contribution < -0.4 is 0 Å². The molecule has 0 saturated carbocycles. The highest BCUT2D eigenvalue weighted by molar-refractivity contribution is 5.83. The van der Waals surface area contributed by atoms with Crippen molar-refractivity contribution in [3.8, 4) is 0 Å². The summed E-state index contributed by atoms with van der Waals surface area (Å²) < 4.78 is 13.3. The third-order valence-electron chi connectivity index (χ3n) is 5.98. The fraction of sp³-hybridized carbons (Fsp3) is 0.824. The molecule has 25 heavy (non-hydrogen) atoms. The predicted molar refractivity (Wildman–Crippen MR) is 89.6 cm³/mol. The fourth-order valence-electron chi connectivity index (χ4n) is 4.42. The number of nitrogens with zero attached hydrogens (tertiary/aromatic N) is 5. The monoisotopic (exact) mass is 349 g/mol. The van der Waals surface area contributed by atoms with Crippen LogP contribution in [0.1, 0.15) is 25.0 Å². The van der Waals surface area contributed by atoms with Crippen LogP contribution in [0.4, 0.5) is 0 Å². The molecule has 2 saturated heterocycles. The number of likely N-dealkylation sites (tertiary alicyclic amines) is 1. The smallest absolute Gasteiger partial charge is 0.230 e. The van der Waals surface area contributed by atoms with Gasteiger partial charge in [0, 0.05) is 45.8 Å². The molecule has 2 fully saturated rings. The lowest BCUT2D eigenvalue weighted by Gasteiger charge is -2.39. The van der Waals surface area contributed by atoms with Gasteiger partial charge in [-0.1, -0.05) is 0 Å². The molecule has 138 valence electrons. The van der Waals surface area contributed by atoms with E-state index in [1.165, 1.54) is 0 Å². The Morgan fingerprint density at radius 2 is 2.24 bits per heavy atom. The van der Waals surface area contributed by atoms with Crippen LogP contribution in [0, 0.1) is 11.3 Å². The van der Waals surface area contributed by atoms with Crippen LogP contribution in [0.15, 0.2) is 0 Å². The second-order valence-electron chi connectivity index (χ2n) is 7.40. The average Bonchev–Trinajstić information content (AvgIpc) is 3.22. The van der Waals surface area contributed by atoms with Gasteiger partial charge in [0.2, 0.25) is 5.91 Å². The molecule has 0 N–H and O–H groups in total. The van der Waals surface area contributed by atoms with Crippen LogP contribution in [0.3, 0.4) is 0 Å². The summed E-state index contributed by atoms with van der Waals surface area (Å²) in [6, 6.07) is 0. The maximum Gasteiger partial charge on any atom is 0.230 e. The Morgan fingerprint density at radius 3 is 3.08 bits per heavy atom. The number of fused-ring (bicyclic) bond motifs is 2. The van der Waals surface area contributed by atoms with Crippen LogP contribution in [0.2, 0.25) is 0 Å². The van der Waals surface area contributed by atoms with E-state index in [2.05, 4.69) is 19.7 Å². The lowest BCUT2D eigenvalue weighted by atomic mass is 9.73. The van der Waals surface area contributed by atoms with E-state index in [9.17, 15) is 4.79 Å². The van der Waals surface area contributed by atoms with E-state index in [4.69, 9.17) is 9.47 Å². The van der Waals surface area contributed by atoms with Crippen LogP contribution in [-0.2, 0) is 34.0 Å². The summed E-state index contributed by atoms with van der Waals surface area (Å²) in [6.45, 7) is 8.55. The molecule has 2 atom stereocenters. The summed E-state index contributed by atoms with van der Waals surface area (Å²) in [5.74, 6) is 2.40. The Morgan fingerprint density at radius 1 is 1.36 bits per heavy atom. The van der Waals surface area contributed by atoms with Gasteiger partial charge in [0.1, 0.15) is 12.4 Å². The van der Waals surface area contributed by atoms with Crippen molar-refractivity contribution in [2.24, 2.45) is 11.3 Å². The Labute approximate surface area is 148 Å². The van der Waals surface area contributed by atoms with Crippen molar-refractivity contribution in [3.63, 3.8) is 0 Å². The molecular formula is C17H27N5O3. The standard InChI is InChI=1S/C17H27N5O3/c1-3-20(2)16(23)17-4-6-24-10-13(17)8-21(12-17)9-14-18-19-15-11-25-7-5-22(14)15/h13H,3-12H2,1-2H3. The SMILES string of the molecule is CCN(C)C(=O)C12CCOCC1CN(Cc1nnc3n1CCOC3)C2. The number of hydrogen-bond acceptors (Lipinski definition) is 6. The van der Waals surface area contributed by atoms with E-state index in [0.717, 1.165) is 50.8 Å². The second kappa shape index (κ2) is 6.66. The predicted octanol–water partition coefficient (Wildman–Crippen LogP) is 0.125. The van der Waals surface area contributed by atoms with Gasteiger partial charge in [-0.25, -0.2) is 0 Å². The summed E-state index contributed by atoms with van der Waals surface area (Å²) in [4.78, 5) is 17.3. The summed E-state index contributed by atoms with van der Waals surface area (Å²) in [7, 11) is 1.90. The van der Waals surface area contributed by atoms with E-state index in [1.807, 2.05) is 18.9 Å². The molecule has 0 spiro atoms. The van der Waals surface area contributed by atoms with Gasteiger partial charge < -0.3 is 18.9 Å². The molecule has 3 aliphatic rings. The number of amides is 1. The summed E-state index contributed by atoms with van der Waals surface area (Å²) in [5.41, 5.74) is -0.309. The van der Waals surface area contributed by atoms with Gasteiger partial charge in [-0.3, -0.25) is 9.69 Å². The van der Waals surface area contributed by atoms with E-state index >= 15 is 0 Å². The summed E-state index contributed by atoms with van der Waals surface area (Å²) in [6.07, 6.45) is 0.809. The molecule has 4 rings (SSSR count). The van der Waals surface area contributed by atoms with Crippen LogP contribution in [0.5, 0.6) is 0 Å². The first-order valence-electron chi connectivity index (χ1n) is 9.18. The van der Waals surface area contributed by atoms with Crippen molar-refractivity contribution < 1.29 is 14.3 Å². The Bertz CT molecular complexity index is 648. The molecule has 3 aliphatic heterocycles. The average molecular weight is 349 g/mol. The molecule has 0 aliphatic carbocycles. The largest absolute Gasteiger partial charge is 0.381 e. The molecule has 0 aromatic carbocycles. The third kappa shape index (κ3) is 2.86. The number of carbonyl (C=O) groups is 1. The molecule has 1 amide bonds. The number of rotatable bonds is 4. The van der Waals surface area contributed by atoms with Gasteiger partial charge in [0.25, 0.3) is 0 Å². The number of carbonyl (C=O) groups excluding carboxylic acids is 1. The summed E-state index contributed by atoms with van der Waals surface area (Å²) in [5, 5.41) is 8.61. The lowest BCUT2D eigenvalue weighted by Crippen LogP contribution is -2.50. The van der Waals surface area contributed by atoms with Crippen molar-refractivity contribution in [2.75, 3.05) is 46.5 Å². The van der Waals surface area contributed by atoms with Gasteiger partial charge in [0.15, 0.2) is 5.82 Å². The van der Waals surface area contributed by atoms with E-state index in [0.29, 0.717) is 26.4 Å². The molecule has 4 heterocycles. The van der Waals surface area contributed by atoms with E-state index in [-0.39, 0.29) is 17.2 Å². The highest BCUT2D eigenvalue weighted by atomic mass is 16.5. The maximum absolute atomic E-state index is 13.1. The molecule has 0 bridgehead atoms. The maximum atomic E-state index is 13.1. The van der Waals surface area contributed by atoms with Gasteiger partial charge >= 0.3 is 0 Å². The Hall–Kier alpha value is -1.51. The zero-order valence-corrected chi connectivity index (χ0v) is 15.1. The summed E-state index contributed by atoms with van der Waals surface area (Å²) >= 11 is 0. The first-order chi connectivity index (χ1) is 12.1. The Balaban J connectivity index is 1.53. The van der Waals surface area contributed by atoms with Crippen LogP contribution >= 0.6 is 0 Å². The van der Waals surface area contributed by atoms with Crippen molar-refractivity contribution >= 4 is 5.91 Å². The molecule has 1 aromatic rings. The molecule has 1 aromatic heterocycles. The molecule has 2 unspecified atom stereocenters. The zero-order chi connectivity index (χ0) is 17.4. The van der Waals surface area contributed by atoms with Gasteiger partial charge in [0.05, 0.1) is 25.2 Å². The fourth-order valence-corrected chi connectivity index (χ4v) is 4.42. The highest BCUT2D eigenvalue weighted by Crippen LogP contribution is 2.43. The van der Waals surface area contributed by atoms with E-state index < -0.39 is 0 Å². The first-order valence-corrected chi connectivity index (χ1v) is 9.18. The minimum Gasteiger partial charge on any atom is -0.381 e. The van der Waals surface area contributed by atoms with Gasteiger partial charge in [-0.15, -0.1) is 10.2 Å². The zero-order valence-electron chi connectivity index (χ0n) is 15.1. The number of ether oxygens (including phenoxy) is 2. The minimum atomic E-state index is -0.309. The van der Waals surface area contributed by atoms with Gasteiger partial charge in [-0.2, -0.15) is 0 Å². The first kappa shape index (κ1) is 16.9. The van der Waals surface area contributed by atoms with Gasteiger partial charge in [-0.05, 0) is 13.3 Å². The second-order valence-corrected chi connectivity index (χ2v) is 7.40. The van der Waals surface area contributed by atoms with E-state index in [1.54, 1.807) is 0 Å². The topological polar surface area (TPSA) is 72.7 Å². The van der Waals surface area contributed by atoms with Crippen molar-refractivity contribution in [2.45, 2.75) is 33.0 Å². The number of hydrogen-bond donors (Lipinski definition) is 0. The van der Waals surface area contributed by atoms with Crippen molar-refractivity contribution in [3.05, 3.63) is 11.6 Å². The molecule has 8 nitrogen and oxygen atoms in total. The molecule has 8 heteroatoms. The normalized spacial score (nSPS) is 29.3. The molecular weight excluding hydrogens is 322 g/mol. The number of aromatic nitrogens is 3. The third-order valence-corrected chi connectivity index (χ3v) is 5.98. The van der Waals surface area contributed by atoms with Crippen molar-refractivity contribution in [1.82, 2.24) is 24.6 Å². The van der Waals surface area contributed by atoms with Crippen LogP contribution in [-0.4, -0.2) is 77.0 Å². The van der Waals surface area contributed by atoms with Crippen LogP contribution in [0.25, 0.3) is 0 Å². The highest BCUT2D eigenvalue weighted by Gasteiger charge is 2.54. The lowest BCUT2D eigenvalue weighted by molar-refractivity contribution is -0.149. The molecule has 0 radical (unpaired) electrons. The minimum absolute atomic E-state index is 0.259. The Kier molecular flexibility index (Phi) is 4.51.